The van der Waals surface area contributed by atoms with Gasteiger partial charge in [-0.2, -0.15) is 0 Å². The Morgan fingerprint density at radius 1 is 1.32 bits per heavy atom. The summed E-state index contributed by atoms with van der Waals surface area (Å²) in [5, 5.41) is 9.74. The quantitative estimate of drug-likeness (QED) is 0.900. The number of nitrogens with zero attached hydrogens (tertiary/aromatic N) is 1. The van der Waals surface area contributed by atoms with Crippen molar-refractivity contribution in [2.24, 2.45) is 0 Å². The molecule has 1 heterocycles. The van der Waals surface area contributed by atoms with Gasteiger partial charge in [0.05, 0.1) is 6.10 Å². The summed E-state index contributed by atoms with van der Waals surface area (Å²) < 4.78 is 6.83. The van der Waals surface area contributed by atoms with Gasteiger partial charge in [-0.25, -0.2) is 0 Å². The average molecular weight is 328 g/mol. The Labute approximate surface area is 123 Å². The molecule has 1 atom stereocenters. The third-order valence-electron chi connectivity index (χ3n) is 3.54. The van der Waals surface area contributed by atoms with Gasteiger partial charge in [0.15, 0.2) is 0 Å². The zero-order valence-corrected chi connectivity index (χ0v) is 13.0. The van der Waals surface area contributed by atoms with Gasteiger partial charge in [-0.3, -0.25) is 4.90 Å². The van der Waals surface area contributed by atoms with Crippen molar-refractivity contribution < 1.29 is 9.84 Å². The number of aliphatic hydroxyl groups is 1. The standard InChI is InChI=1S/C15H22BrNO2/c1-12(18)14-6-5-13(16)11-15(14)19-10-9-17-7-3-2-4-8-17/h5-6,11-12,18H,2-4,7-10H2,1H3/t12-/m0/s1. The highest BCUT2D eigenvalue weighted by Gasteiger charge is 2.12. The Hall–Kier alpha value is -0.580. The molecule has 1 aliphatic rings. The Bertz CT molecular complexity index is 403. The zero-order valence-electron chi connectivity index (χ0n) is 11.4. The van der Waals surface area contributed by atoms with Gasteiger partial charge in [-0.05, 0) is 45.0 Å². The van der Waals surface area contributed by atoms with Crippen molar-refractivity contribution >= 4 is 15.9 Å². The topological polar surface area (TPSA) is 32.7 Å². The molecular weight excluding hydrogens is 306 g/mol. The van der Waals surface area contributed by atoms with Crippen LogP contribution in [0.1, 0.15) is 37.9 Å². The lowest BCUT2D eigenvalue weighted by Gasteiger charge is -2.26. The van der Waals surface area contributed by atoms with Crippen LogP contribution in [-0.2, 0) is 0 Å². The van der Waals surface area contributed by atoms with E-state index in [4.69, 9.17) is 4.74 Å². The molecule has 0 amide bonds. The van der Waals surface area contributed by atoms with Gasteiger partial charge in [0.25, 0.3) is 0 Å². The summed E-state index contributed by atoms with van der Waals surface area (Å²) in [6.45, 7) is 5.78. The van der Waals surface area contributed by atoms with E-state index >= 15 is 0 Å². The monoisotopic (exact) mass is 327 g/mol. The molecule has 0 saturated carbocycles. The first kappa shape index (κ1) is 14.8. The van der Waals surface area contributed by atoms with Crippen molar-refractivity contribution in [1.29, 1.82) is 0 Å². The first-order chi connectivity index (χ1) is 9.16. The van der Waals surface area contributed by atoms with Gasteiger partial charge < -0.3 is 9.84 Å². The average Bonchev–Trinajstić information content (AvgIpc) is 2.39. The Balaban J connectivity index is 1.89. The molecule has 4 heteroatoms. The summed E-state index contributed by atoms with van der Waals surface area (Å²) in [7, 11) is 0. The Kier molecular flexibility index (Phi) is 5.67. The van der Waals surface area contributed by atoms with Crippen molar-refractivity contribution in [3.8, 4) is 5.75 Å². The van der Waals surface area contributed by atoms with Crippen molar-refractivity contribution in [1.82, 2.24) is 4.90 Å². The summed E-state index contributed by atoms with van der Waals surface area (Å²) in [5.74, 6) is 0.779. The predicted molar refractivity (Wildman–Crippen MR) is 80.6 cm³/mol. The predicted octanol–water partition coefficient (Wildman–Crippen LogP) is 3.37. The van der Waals surface area contributed by atoms with Crippen LogP contribution >= 0.6 is 15.9 Å². The molecule has 0 aromatic heterocycles. The second-order valence-electron chi connectivity index (χ2n) is 5.11. The van der Waals surface area contributed by atoms with Crippen LogP contribution < -0.4 is 4.74 Å². The number of likely N-dealkylation sites (tertiary alicyclic amines) is 1. The third kappa shape index (κ3) is 4.48. The normalized spacial score (nSPS) is 18.3. The van der Waals surface area contributed by atoms with E-state index in [9.17, 15) is 5.11 Å². The minimum absolute atomic E-state index is 0.502. The molecule has 3 nitrogen and oxygen atoms in total. The van der Waals surface area contributed by atoms with Gasteiger partial charge in [0.1, 0.15) is 12.4 Å². The number of ether oxygens (including phenoxy) is 1. The minimum atomic E-state index is -0.502. The molecule has 106 valence electrons. The highest BCUT2D eigenvalue weighted by atomic mass is 79.9. The van der Waals surface area contributed by atoms with Gasteiger partial charge in [-0.15, -0.1) is 0 Å². The summed E-state index contributed by atoms with van der Waals surface area (Å²) in [6, 6.07) is 5.77. The maximum absolute atomic E-state index is 9.74. The minimum Gasteiger partial charge on any atom is -0.492 e. The maximum Gasteiger partial charge on any atom is 0.126 e. The van der Waals surface area contributed by atoms with Crippen LogP contribution in [0, 0.1) is 0 Å². The van der Waals surface area contributed by atoms with Crippen molar-refractivity contribution in [3.63, 3.8) is 0 Å². The van der Waals surface area contributed by atoms with E-state index in [1.165, 1.54) is 32.4 Å². The van der Waals surface area contributed by atoms with E-state index in [0.29, 0.717) is 6.61 Å². The molecule has 0 spiro atoms. The van der Waals surface area contributed by atoms with Crippen LogP contribution in [0.3, 0.4) is 0 Å². The molecule has 0 aliphatic carbocycles. The molecule has 1 saturated heterocycles. The van der Waals surface area contributed by atoms with E-state index < -0.39 is 6.10 Å². The fraction of sp³-hybridized carbons (Fsp3) is 0.600. The van der Waals surface area contributed by atoms with Gasteiger partial charge in [0, 0.05) is 16.6 Å². The molecule has 1 N–H and O–H groups in total. The molecule has 1 aromatic carbocycles. The van der Waals surface area contributed by atoms with Crippen LogP contribution in [0.5, 0.6) is 5.75 Å². The third-order valence-corrected chi connectivity index (χ3v) is 4.03. The number of rotatable bonds is 5. The maximum atomic E-state index is 9.74. The SMILES string of the molecule is C[C@H](O)c1ccc(Br)cc1OCCN1CCCCC1. The van der Waals surface area contributed by atoms with Crippen molar-refractivity contribution in [2.45, 2.75) is 32.3 Å². The Morgan fingerprint density at radius 3 is 2.74 bits per heavy atom. The smallest absolute Gasteiger partial charge is 0.126 e. The van der Waals surface area contributed by atoms with Crippen LogP contribution in [-0.4, -0.2) is 36.2 Å². The number of benzene rings is 1. The van der Waals surface area contributed by atoms with Crippen molar-refractivity contribution in [2.75, 3.05) is 26.2 Å². The molecule has 1 aromatic rings. The largest absolute Gasteiger partial charge is 0.492 e. The first-order valence-corrected chi connectivity index (χ1v) is 7.79. The lowest BCUT2D eigenvalue weighted by atomic mass is 10.1. The molecule has 0 unspecified atom stereocenters. The Morgan fingerprint density at radius 2 is 2.05 bits per heavy atom. The molecule has 1 fully saturated rings. The summed E-state index contributed by atoms with van der Waals surface area (Å²) in [5.41, 5.74) is 0.849. The molecule has 1 aliphatic heterocycles. The van der Waals surface area contributed by atoms with Crippen LogP contribution in [0.4, 0.5) is 0 Å². The van der Waals surface area contributed by atoms with E-state index in [1.807, 2.05) is 18.2 Å². The highest BCUT2D eigenvalue weighted by Crippen LogP contribution is 2.28. The number of halogens is 1. The first-order valence-electron chi connectivity index (χ1n) is 6.99. The van der Waals surface area contributed by atoms with E-state index in [0.717, 1.165) is 22.3 Å². The lowest BCUT2D eigenvalue weighted by Crippen LogP contribution is -2.33. The molecule has 0 bridgehead atoms. The van der Waals surface area contributed by atoms with E-state index in [-0.39, 0.29) is 0 Å². The van der Waals surface area contributed by atoms with Crippen LogP contribution in [0.15, 0.2) is 22.7 Å². The lowest BCUT2D eigenvalue weighted by molar-refractivity contribution is 0.171. The number of piperidine rings is 1. The van der Waals surface area contributed by atoms with Crippen LogP contribution in [0.2, 0.25) is 0 Å². The highest BCUT2D eigenvalue weighted by molar-refractivity contribution is 9.10. The zero-order chi connectivity index (χ0) is 13.7. The molecular formula is C15H22BrNO2. The second kappa shape index (κ2) is 7.27. The summed E-state index contributed by atoms with van der Waals surface area (Å²) in [4.78, 5) is 2.45. The van der Waals surface area contributed by atoms with E-state index in [1.54, 1.807) is 6.92 Å². The van der Waals surface area contributed by atoms with Crippen molar-refractivity contribution in [3.05, 3.63) is 28.2 Å². The molecule has 2 rings (SSSR count). The number of hydrogen-bond donors (Lipinski definition) is 1. The summed E-state index contributed by atoms with van der Waals surface area (Å²) >= 11 is 3.44. The van der Waals surface area contributed by atoms with Crippen LogP contribution in [0.25, 0.3) is 0 Å². The summed E-state index contributed by atoms with van der Waals surface area (Å²) in [6.07, 6.45) is 3.46. The van der Waals surface area contributed by atoms with E-state index in [2.05, 4.69) is 20.8 Å². The number of hydrogen-bond acceptors (Lipinski definition) is 3. The fourth-order valence-corrected chi connectivity index (χ4v) is 2.79. The number of aliphatic hydroxyl groups excluding tert-OH is 1. The fourth-order valence-electron chi connectivity index (χ4n) is 2.45. The molecule has 19 heavy (non-hydrogen) atoms. The van der Waals surface area contributed by atoms with Gasteiger partial charge in [-0.1, -0.05) is 28.4 Å². The second-order valence-corrected chi connectivity index (χ2v) is 6.02. The van der Waals surface area contributed by atoms with Gasteiger partial charge in [0.2, 0.25) is 0 Å². The van der Waals surface area contributed by atoms with Gasteiger partial charge >= 0.3 is 0 Å². The molecule has 0 radical (unpaired) electrons.